The second-order valence-corrected chi connectivity index (χ2v) is 13.6. The van der Waals surface area contributed by atoms with Crippen molar-refractivity contribution in [3.63, 3.8) is 0 Å². The number of para-hydroxylation sites is 1. The summed E-state index contributed by atoms with van der Waals surface area (Å²) in [4.78, 5) is 10.00. The molecule has 5 heteroatoms. The molecule has 0 aliphatic heterocycles. The van der Waals surface area contributed by atoms with Gasteiger partial charge in [0.25, 0.3) is 0 Å². The standard InChI is InChI=1S/C42H38N3O.Pt/c1-27(2)21-28-22-31(24-32(23-28)45-39-19-10-9-15-33(39)34-16-12-20-43-41(34)45)37-17-11-18-38(44-37)35-25-30(29-13-7-6-8-14-29)26-36(40(35)46)42(3,4)5;/h6-20,22-23,25-27,46H,21H2,1-5H3;/q-1;. The van der Waals surface area contributed by atoms with Crippen molar-refractivity contribution in [1.29, 1.82) is 0 Å². The molecule has 1 N–H and O–H groups in total. The molecule has 7 rings (SSSR count). The van der Waals surface area contributed by atoms with E-state index in [9.17, 15) is 5.11 Å². The van der Waals surface area contributed by atoms with Gasteiger partial charge in [-0.2, -0.15) is 0 Å². The maximum atomic E-state index is 11.7. The molecule has 0 bridgehead atoms. The summed E-state index contributed by atoms with van der Waals surface area (Å²) in [6.45, 7) is 10.9. The maximum Gasteiger partial charge on any atom is 0.144 e. The molecule has 4 aromatic carbocycles. The largest absolute Gasteiger partial charge is 0.507 e. The van der Waals surface area contributed by atoms with Crippen LogP contribution in [0.1, 0.15) is 45.7 Å². The molecular weight excluding hydrogens is 758 g/mol. The van der Waals surface area contributed by atoms with Crippen LogP contribution in [0.3, 0.4) is 0 Å². The minimum absolute atomic E-state index is 0. The summed E-state index contributed by atoms with van der Waals surface area (Å²) in [6, 6.07) is 41.3. The first-order valence-corrected chi connectivity index (χ1v) is 16.0. The van der Waals surface area contributed by atoms with Crippen LogP contribution in [-0.2, 0) is 32.9 Å². The molecule has 0 saturated heterocycles. The van der Waals surface area contributed by atoms with Crippen molar-refractivity contribution < 1.29 is 26.2 Å². The van der Waals surface area contributed by atoms with E-state index in [2.05, 4.69) is 112 Å². The number of aromatic hydroxyl groups is 1. The van der Waals surface area contributed by atoms with Gasteiger partial charge in [-0.25, -0.2) is 4.98 Å². The van der Waals surface area contributed by atoms with Crippen LogP contribution in [0.4, 0.5) is 0 Å². The Morgan fingerprint density at radius 3 is 2.26 bits per heavy atom. The summed E-state index contributed by atoms with van der Waals surface area (Å²) in [7, 11) is 0. The van der Waals surface area contributed by atoms with E-state index in [1.807, 2.05) is 48.7 Å². The first-order valence-electron chi connectivity index (χ1n) is 16.0. The average Bonchev–Trinajstić information content (AvgIpc) is 3.39. The Hall–Kier alpha value is -4.53. The summed E-state index contributed by atoms with van der Waals surface area (Å²) < 4.78 is 2.21. The molecule has 0 aliphatic carbocycles. The number of rotatable bonds is 6. The van der Waals surface area contributed by atoms with Gasteiger partial charge < -0.3 is 9.67 Å². The van der Waals surface area contributed by atoms with Gasteiger partial charge in [0, 0.05) is 49.2 Å². The van der Waals surface area contributed by atoms with Crippen LogP contribution in [-0.4, -0.2) is 19.6 Å². The van der Waals surface area contributed by atoms with E-state index >= 15 is 0 Å². The summed E-state index contributed by atoms with van der Waals surface area (Å²) in [5.41, 5.74) is 10.1. The number of hydrogen-bond donors (Lipinski definition) is 1. The van der Waals surface area contributed by atoms with Gasteiger partial charge in [0.2, 0.25) is 0 Å². The van der Waals surface area contributed by atoms with Crippen LogP contribution >= 0.6 is 0 Å². The van der Waals surface area contributed by atoms with Crippen LogP contribution in [0, 0.1) is 12.0 Å². The van der Waals surface area contributed by atoms with Gasteiger partial charge in [-0.1, -0.05) is 95.3 Å². The fourth-order valence-electron chi connectivity index (χ4n) is 6.43. The molecule has 7 aromatic rings. The number of phenolic OH excluding ortho intramolecular Hbond substituents is 1. The quantitative estimate of drug-likeness (QED) is 0.171. The average molecular weight is 796 g/mol. The molecule has 0 spiro atoms. The Bertz CT molecular complexity index is 2160. The molecule has 238 valence electrons. The second kappa shape index (κ2) is 12.9. The molecule has 0 radical (unpaired) electrons. The van der Waals surface area contributed by atoms with Gasteiger partial charge in [0.05, 0.1) is 11.2 Å². The third-order valence-electron chi connectivity index (χ3n) is 8.56. The minimum Gasteiger partial charge on any atom is -0.507 e. The number of hydrogen-bond acceptors (Lipinski definition) is 3. The first kappa shape index (κ1) is 32.4. The summed E-state index contributed by atoms with van der Waals surface area (Å²) in [5, 5.41) is 13.9. The van der Waals surface area contributed by atoms with E-state index in [0.29, 0.717) is 5.92 Å². The zero-order valence-electron chi connectivity index (χ0n) is 27.4. The SMILES string of the molecule is CC(C)Cc1cc(-c2cccc(-c3cc(-c4ccccc4)cc(C(C)(C)C)c3O)n2)[c-]c(-n2c3ccccc3c3cccnc32)c1.[Pt]. The van der Waals surface area contributed by atoms with Gasteiger partial charge in [-0.15, -0.1) is 29.3 Å². The Labute approximate surface area is 291 Å². The fraction of sp³-hybridized carbons (Fsp3) is 0.190. The molecule has 3 aromatic heterocycles. The summed E-state index contributed by atoms with van der Waals surface area (Å²) in [6.07, 6.45) is 2.78. The van der Waals surface area contributed by atoms with Gasteiger partial charge in [-0.05, 0) is 76.7 Å². The van der Waals surface area contributed by atoms with Crippen molar-refractivity contribution in [3.05, 3.63) is 133 Å². The van der Waals surface area contributed by atoms with Crippen molar-refractivity contribution in [2.24, 2.45) is 5.92 Å². The predicted octanol–water partition coefficient (Wildman–Crippen LogP) is 10.6. The number of pyridine rings is 2. The third kappa shape index (κ3) is 6.27. The van der Waals surface area contributed by atoms with Crippen LogP contribution < -0.4 is 0 Å². The normalized spacial score (nSPS) is 11.7. The predicted molar refractivity (Wildman–Crippen MR) is 190 cm³/mol. The Morgan fingerprint density at radius 1 is 0.766 bits per heavy atom. The fourth-order valence-corrected chi connectivity index (χ4v) is 6.43. The van der Waals surface area contributed by atoms with Gasteiger partial charge >= 0.3 is 0 Å². The molecule has 0 aliphatic rings. The zero-order chi connectivity index (χ0) is 32.0. The third-order valence-corrected chi connectivity index (χ3v) is 8.56. The molecule has 0 fully saturated rings. The van der Waals surface area contributed by atoms with E-state index in [4.69, 9.17) is 9.97 Å². The number of nitrogens with zero attached hydrogens (tertiary/aromatic N) is 3. The maximum absolute atomic E-state index is 11.7. The molecule has 0 amide bonds. The number of benzene rings is 4. The number of aromatic nitrogens is 3. The number of phenols is 1. The van der Waals surface area contributed by atoms with Crippen LogP contribution in [0.5, 0.6) is 5.75 Å². The van der Waals surface area contributed by atoms with Gasteiger partial charge in [0.1, 0.15) is 11.4 Å². The molecule has 0 unspecified atom stereocenters. The monoisotopic (exact) mass is 795 g/mol. The van der Waals surface area contributed by atoms with E-state index in [1.54, 1.807) is 0 Å². The number of fused-ring (bicyclic) bond motifs is 3. The van der Waals surface area contributed by atoms with Crippen molar-refractivity contribution in [2.75, 3.05) is 0 Å². The zero-order valence-corrected chi connectivity index (χ0v) is 29.6. The van der Waals surface area contributed by atoms with Crippen molar-refractivity contribution in [3.8, 4) is 45.1 Å². The second-order valence-electron chi connectivity index (χ2n) is 13.6. The summed E-state index contributed by atoms with van der Waals surface area (Å²) in [5.74, 6) is 0.749. The first-order chi connectivity index (χ1) is 22.2. The van der Waals surface area contributed by atoms with Gasteiger partial charge in [0.15, 0.2) is 0 Å². The van der Waals surface area contributed by atoms with Crippen molar-refractivity contribution >= 4 is 21.9 Å². The Balaban J connectivity index is 0.00000386. The van der Waals surface area contributed by atoms with Crippen molar-refractivity contribution in [2.45, 2.75) is 46.5 Å². The topological polar surface area (TPSA) is 50.9 Å². The Kier molecular flexibility index (Phi) is 8.92. The van der Waals surface area contributed by atoms with Crippen LogP contribution in [0.2, 0.25) is 0 Å². The van der Waals surface area contributed by atoms with E-state index in [-0.39, 0.29) is 32.2 Å². The van der Waals surface area contributed by atoms with E-state index in [0.717, 1.165) is 67.9 Å². The Morgan fingerprint density at radius 2 is 1.49 bits per heavy atom. The molecule has 3 heterocycles. The molecule has 0 atom stereocenters. The van der Waals surface area contributed by atoms with Crippen molar-refractivity contribution in [1.82, 2.24) is 14.5 Å². The molecule has 47 heavy (non-hydrogen) atoms. The summed E-state index contributed by atoms with van der Waals surface area (Å²) >= 11 is 0. The smallest absolute Gasteiger partial charge is 0.144 e. The van der Waals surface area contributed by atoms with Crippen LogP contribution in [0.25, 0.3) is 61.3 Å². The van der Waals surface area contributed by atoms with Crippen LogP contribution in [0.15, 0.2) is 115 Å². The van der Waals surface area contributed by atoms with E-state index < -0.39 is 0 Å². The molecule has 0 saturated carbocycles. The van der Waals surface area contributed by atoms with E-state index in [1.165, 1.54) is 10.9 Å². The minimum atomic E-state index is -0.258. The van der Waals surface area contributed by atoms with Gasteiger partial charge in [-0.3, -0.25) is 4.98 Å². The molecule has 4 nitrogen and oxygen atoms in total. The molecular formula is C42H38N3OPt-.